The van der Waals surface area contributed by atoms with Gasteiger partial charge in [-0.3, -0.25) is 4.72 Å². The third kappa shape index (κ3) is 6.76. The summed E-state index contributed by atoms with van der Waals surface area (Å²) in [4.78, 5) is 2.46. The molecule has 1 aliphatic carbocycles. The van der Waals surface area contributed by atoms with Crippen molar-refractivity contribution >= 4 is 11.1 Å². The Kier molecular flexibility index (Phi) is 9.34. The molecule has 0 aromatic heterocycles. The maximum absolute atomic E-state index is 6.56. The van der Waals surface area contributed by atoms with Crippen molar-refractivity contribution in [1.82, 2.24) is 9.62 Å². The monoisotopic (exact) mass is 442 g/mol. The molecule has 1 aromatic carbocycles. The molecule has 3 rings (SSSR count). The molecule has 1 aliphatic heterocycles. The van der Waals surface area contributed by atoms with Gasteiger partial charge >= 0.3 is 0 Å². The van der Waals surface area contributed by atoms with E-state index in [4.69, 9.17) is 4.74 Å². The summed E-state index contributed by atoms with van der Waals surface area (Å²) in [7, 11) is 2.24. The van der Waals surface area contributed by atoms with Gasteiger partial charge in [0, 0.05) is 18.8 Å². The number of likely N-dealkylation sites (N-methyl/N-ethyl adjacent to an activating group) is 1. The van der Waals surface area contributed by atoms with Gasteiger partial charge in [-0.1, -0.05) is 43.8 Å². The molecule has 31 heavy (non-hydrogen) atoms. The zero-order valence-electron chi connectivity index (χ0n) is 19.9. The average Bonchev–Trinajstić information content (AvgIpc) is 2.79. The highest BCUT2D eigenvalue weighted by Gasteiger charge is 2.33. The molecule has 1 saturated carbocycles. The highest BCUT2D eigenvalue weighted by molar-refractivity contribution is 8.14. The van der Waals surface area contributed by atoms with Crippen LogP contribution in [0.5, 0.6) is 0 Å². The third-order valence-corrected chi connectivity index (χ3v) is 7.80. The molecule has 0 amide bonds. The number of allylic oxidation sites excluding steroid dienone is 3. The lowest BCUT2D eigenvalue weighted by molar-refractivity contribution is -0.0131. The molecule has 2 unspecified atom stereocenters. The smallest absolute Gasteiger partial charge is 0.0689 e. The lowest BCUT2D eigenvalue weighted by Gasteiger charge is -2.44. The summed E-state index contributed by atoms with van der Waals surface area (Å²) in [5.41, 5.74) is 7.18. The number of benzene rings is 1. The third-order valence-electron chi connectivity index (χ3n) is 6.95. The van der Waals surface area contributed by atoms with E-state index in [1.54, 1.807) is 0 Å². The van der Waals surface area contributed by atoms with E-state index in [1.165, 1.54) is 48.9 Å². The fourth-order valence-corrected chi connectivity index (χ4v) is 6.01. The minimum atomic E-state index is -0.142. The summed E-state index contributed by atoms with van der Waals surface area (Å²) in [6.45, 7) is 6.83. The molecule has 1 heterocycles. The van der Waals surface area contributed by atoms with Crippen LogP contribution in [-0.4, -0.2) is 49.3 Å². The van der Waals surface area contributed by atoms with Gasteiger partial charge in [0.25, 0.3) is 0 Å². The van der Waals surface area contributed by atoms with Gasteiger partial charge in [-0.2, -0.15) is 0 Å². The second kappa shape index (κ2) is 12.0. The van der Waals surface area contributed by atoms with Gasteiger partial charge in [-0.25, -0.2) is 11.1 Å². The van der Waals surface area contributed by atoms with Crippen molar-refractivity contribution in [2.24, 2.45) is 0 Å². The van der Waals surface area contributed by atoms with Crippen LogP contribution in [0, 0.1) is 0 Å². The van der Waals surface area contributed by atoms with Crippen molar-refractivity contribution in [3.63, 3.8) is 0 Å². The molecule has 2 atom stereocenters. The van der Waals surface area contributed by atoms with Gasteiger partial charge in [0.05, 0.1) is 18.8 Å². The minimum Gasteiger partial charge on any atom is -0.376 e. The van der Waals surface area contributed by atoms with E-state index in [1.807, 2.05) is 0 Å². The van der Waals surface area contributed by atoms with Gasteiger partial charge in [0.15, 0.2) is 0 Å². The van der Waals surface area contributed by atoms with Crippen LogP contribution in [0.1, 0.15) is 63.4 Å². The second-order valence-electron chi connectivity index (χ2n) is 9.26. The summed E-state index contributed by atoms with van der Waals surface area (Å²) in [5.74, 6) is 0.698. The summed E-state index contributed by atoms with van der Waals surface area (Å²) in [5, 5.41) is 0. The van der Waals surface area contributed by atoms with E-state index in [0.29, 0.717) is 24.1 Å². The normalized spacial score (nSPS) is 28.3. The first-order valence-corrected chi connectivity index (χ1v) is 14.2. The van der Waals surface area contributed by atoms with Crippen LogP contribution in [0.2, 0.25) is 0 Å². The van der Waals surface area contributed by atoms with Crippen molar-refractivity contribution in [2.75, 3.05) is 26.2 Å². The topological polar surface area (TPSA) is 24.5 Å². The van der Waals surface area contributed by atoms with Crippen LogP contribution in [0.25, 0.3) is 0 Å². The van der Waals surface area contributed by atoms with E-state index >= 15 is 0 Å². The first kappa shape index (κ1) is 24.2. The average molecular weight is 443 g/mol. The quantitative estimate of drug-likeness (QED) is 0.384. The fraction of sp³-hybridized carbons (Fsp3) is 0.593. The van der Waals surface area contributed by atoms with Crippen LogP contribution in [0.15, 0.2) is 60.0 Å². The van der Waals surface area contributed by atoms with Crippen molar-refractivity contribution < 1.29 is 4.74 Å². The molecule has 4 heteroatoms. The molecule has 1 saturated heterocycles. The number of hydrogen-bond acceptors (Lipinski definition) is 3. The Morgan fingerprint density at radius 3 is 2.52 bits per heavy atom. The van der Waals surface area contributed by atoms with Gasteiger partial charge in [0.2, 0.25) is 0 Å². The van der Waals surface area contributed by atoms with E-state index in [9.17, 15) is 0 Å². The highest BCUT2D eigenvalue weighted by Crippen LogP contribution is 2.35. The Bertz CT molecular complexity index is 761. The van der Waals surface area contributed by atoms with Crippen LogP contribution >= 0.6 is 11.1 Å². The number of likely N-dealkylation sites (tertiary alicyclic amines) is 1. The van der Waals surface area contributed by atoms with Gasteiger partial charge in [-0.15, -0.1) is 5.73 Å². The number of nitrogens with zero attached hydrogens (tertiary/aromatic N) is 1. The van der Waals surface area contributed by atoms with Crippen molar-refractivity contribution in [3.05, 3.63) is 65.6 Å². The standard InChI is InChI=1S/C27H42N2OS/c1-6-21(7-2)19-24-15-18-26(28-31(4)5)27(29(24)3)20-30-25-16-13-23(14-17-25)22-11-9-8-10-12-22/h8-12,19,23,25-28,31H,1,7,13-18,20H2,2-5H3/b24-19-/t23-,25+,26?,27?. The van der Waals surface area contributed by atoms with Crippen molar-refractivity contribution in [1.29, 1.82) is 0 Å². The minimum absolute atomic E-state index is 0.142. The molecule has 1 aromatic rings. The highest BCUT2D eigenvalue weighted by atomic mass is 32.2. The molecule has 172 valence electrons. The second-order valence-corrected chi connectivity index (χ2v) is 11.3. The van der Waals surface area contributed by atoms with Crippen molar-refractivity contribution in [2.45, 2.75) is 76.0 Å². The van der Waals surface area contributed by atoms with Crippen LogP contribution < -0.4 is 4.72 Å². The number of thiol groups is 1. The molecule has 2 aliphatic rings. The molecular formula is C27H42N2OS. The number of hydrogen-bond donors (Lipinski definition) is 2. The van der Waals surface area contributed by atoms with E-state index in [2.05, 4.69) is 84.8 Å². The molecule has 3 nitrogen and oxygen atoms in total. The Balaban J connectivity index is 1.60. The lowest BCUT2D eigenvalue weighted by atomic mass is 9.83. The predicted molar refractivity (Wildman–Crippen MR) is 137 cm³/mol. The molecule has 0 radical (unpaired) electrons. The van der Waals surface area contributed by atoms with Crippen LogP contribution in [-0.2, 0) is 4.74 Å². The number of rotatable bonds is 8. The number of ether oxygens (including phenoxy) is 1. The molecular weight excluding hydrogens is 400 g/mol. The Labute approximate surface area is 193 Å². The van der Waals surface area contributed by atoms with E-state index < -0.39 is 0 Å². The zero-order chi connectivity index (χ0) is 22.2. The summed E-state index contributed by atoms with van der Waals surface area (Å²) < 4.78 is 10.4. The largest absolute Gasteiger partial charge is 0.376 e. The summed E-state index contributed by atoms with van der Waals surface area (Å²) in [6, 6.07) is 11.9. The van der Waals surface area contributed by atoms with Gasteiger partial charge < -0.3 is 9.64 Å². The lowest BCUT2D eigenvalue weighted by Crippen LogP contribution is -2.53. The zero-order valence-corrected chi connectivity index (χ0v) is 20.8. The van der Waals surface area contributed by atoms with E-state index in [-0.39, 0.29) is 11.1 Å². The van der Waals surface area contributed by atoms with Gasteiger partial charge in [-0.05, 0) is 80.6 Å². The number of piperidine rings is 1. The Hall–Kier alpha value is -1.45. The van der Waals surface area contributed by atoms with Gasteiger partial charge in [0.1, 0.15) is 0 Å². The Morgan fingerprint density at radius 2 is 1.90 bits per heavy atom. The van der Waals surface area contributed by atoms with Crippen molar-refractivity contribution in [3.8, 4) is 0 Å². The molecule has 2 fully saturated rings. The molecule has 0 bridgehead atoms. The molecule has 1 N–H and O–H groups in total. The maximum atomic E-state index is 6.56. The fourth-order valence-electron chi connectivity index (χ4n) is 5.04. The first-order chi connectivity index (χ1) is 15.0. The summed E-state index contributed by atoms with van der Waals surface area (Å²) >= 11 is -0.142. The maximum Gasteiger partial charge on any atom is 0.0689 e. The summed E-state index contributed by atoms with van der Waals surface area (Å²) in [6.07, 6.45) is 15.4. The predicted octanol–water partition coefficient (Wildman–Crippen LogP) is 5.96. The first-order valence-electron chi connectivity index (χ1n) is 11.9. The van der Waals surface area contributed by atoms with Crippen LogP contribution in [0.4, 0.5) is 0 Å². The Morgan fingerprint density at radius 1 is 1.19 bits per heavy atom. The van der Waals surface area contributed by atoms with E-state index in [0.717, 1.165) is 19.4 Å². The molecule has 0 spiro atoms. The number of nitrogens with one attached hydrogen (secondary N) is 1. The SMILES string of the molecule is C=C=C(/C=C1/CCC(N[SH](C)C)C(CO[C@H]2CC[C@@H](c3ccccc3)CC2)N1C)CC. The van der Waals surface area contributed by atoms with Crippen LogP contribution in [0.3, 0.4) is 0 Å².